The predicted molar refractivity (Wildman–Crippen MR) is 90.9 cm³/mol. The summed E-state index contributed by atoms with van der Waals surface area (Å²) in [6.07, 6.45) is 0.647. The Morgan fingerprint density at radius 1 is 1.43 bits per heavy atom. The van der Waals surface area contributed by atoms with Gasteiger partial charge in [-0.1, -0.05) is 48.7 Å². The third kappa shape index (κ3) is 2.88. The Bertz CT molecular complexity index is 692. The number of amides is 1. The summed E-state index contributed by atoms with van der Waals surface area (Å²) in [6.45, 7) is 3.68. The summed E-state index contributed by atoms with van der Waals surface area (Å²) in [5, 5.41) is 9.96. The fourth-order valence-corrected chi connectivity index (χ4v) is 4.23. The number of likely N-dealkylation sites (tertiary alicyclic amines) is 1. The van der Waals surface area contributed by atoms with Gasteiger partial charge in [0.05, 0.1) is 5.04 Å². The Balaban J connectivity index is 1.73. The van der Waals surface area contributed by atoms with Crippen molar-refractivity contribution in [2.45, 2.75) is 23.9 Å². The number of carbonyl (C=O) groups is 2. The number of benzene rings is 1. The molecule has 0 aromatic heterocycles. The lowest BCUT2D eigenvalue weighted by atomic mass is 10.00. The molecule has 0 radical (unpaired) electrons. The first kappa shape index (κ1) is 16.1. The normalized spacial score (nSPS) is 23.8. The molecular weight excluding hydrogens is 336 g/mol. The number of thioether (sulfide) groups is 1. The van der Waals surface area contributed by atoms with E-state index in [0.29, 0.717) is 12.0 Å². The Kier molecular flexibility index (Phi) is 4.46. The topological polar surface area (TPSA) is 70.0 Å². The first-order valence-corrected chi connectivity index (χ1v) is 8.50. The second kappa shape index (κ2) is 6.37. The average molecular weight is 351 g/mol. The monoisotopic (exact) mass is 350 g/mol. The molecule has 0 bridgehead atoms. The maximum Gasteiger partial charge on any atom is 0.330 e. The Hall–Kier alpha value is -1.79. The van der Waals surface area contributed by atoms with Crippen molar-refractivity contribution in [3.8, 4) is 0 Å². The van der Waals surface area contributed by atoms with Crippen molar-refractivity contribution in [1.29, 1.82) is 0 Å². The van der Waals surface area contributed by atoms with Crippen molar-refractivity contribution in [3.63, 3.8) is 0 Å². The molecule has 1 aromatic rings. The number of carboxylic acids is 1. The van der Waals surface area contributed by atoms with Crippen LogP contribution in [0, 0.1) is 0 Å². The van der Waals surface area contributed by atoms with Crippen molar-refractivity contribution >= 4 is 40.3 Å². The fraction of sp³-hybridized carbons (Fsp3) is 0.312. The molecule has 2 aliphatic heterocycles. The molecular formula is C16H15ClN2O3S. The molecule has 120 valence electrons. The van der Waals surface area contributed by atoms with Crippen molar-refractivity contribution in [2.24, 2.45) is 4.99 Å². The number of hydrogen-bond acceptors (Lipinski definition) is 4. The van der Waals surface area contributed by atoms with Gasteiger partial charge in [-0.2, -0.15) is 0 Å². The minimum atomic E-state index is -1.11. The van der Waals surface area contributed by atoms with Gasteiger partial charge in [0.2, 0.25) is 0 Å². The first-order valence-electron chi connectivity index (χ1n) is 7.09. The molecule has 1 saturated heterocycles. The summed E-state index contributed by atoms with van der Waals surface area (Å²) in [5.74, 6) is -1.38. The molecule has 3 unspecified atom stereocenters. The van der Waals surface area contributed by atoms with Gasteiger partial charge in [0.25, 0.3) is 5.91 Å². The van der Waals surface area contributed by atoms with E-state index in [1.807, 2.05) is 30.3 Å². The van der Waals surface area contributed by atoms with Gasteiger partial charge in [-0.25, -0.2) is 4.79 Å². The van der Waals surface area contributed by atoms with Crippen molar-refractivity contribution in [2.75, 3.05) is 5.88 Å². The van der Waals surface area contributed by atoms with E-state index in [0.717, 1.165) is 10.6 Å². The Morgan fingerprint density at radius 2 is 2.13 bits per heavy atom. The van der Waals surface area contributed by atoms with Crippen LogP contribution in [0.2, 0.25) is 0 Å². The van der Waals surface area contributed by atoms with Crippen LogP contribution < -0.4 is 0 Å². The number of fused-ring (bicyclic) bond motifs is 1. The van der Waals surface area contributed by atoms with Gasteiger partial charge in [0.15, 0.2) is 12.1 Å². The van der Waals surface area contributed by atoms with Gasteiger partial charge in [-0.05, 0) is 11.1 Å². The maximum atomic E-state index is 12.3. The van der Waals surface area contributed by atoms with Crippen LogP contribution in [-0.4, -0.2) is 50.3 Å². The summed E-state index contributed by atoms with van der Waals surface area (Å²) < 4.78 is 0. The van der Waals surface area contributed by atoms with Gasteiger partial charge in [0, 0.05) is 12.3 Å². The van der Waals surface area contributed by atoms with Crippen LogP contribution >= 0.6 is 23.4 Å². The first-order chi connectivity index (χ1) is 11.0. The molecule has 7 heteroatoms. The summed E-state index contributed by atoms with van der Waals surface area (Å²) in [4.78, 5) is 29.5. The number of alkyl halides is 1. The zero-order valence-corrected chi connectivity index (χ0v) is 13.8. The number of aliphatic carboxylic acids is 1. The highest BCUT2D eigenvalue weighted by Gasteiger charge is 2.56. The quantitative estimate of drug-likeness (QED) is 0.485. The third-order valence-corrected chi connectivity index (χ3v) is 5.45. The largest absolute Gasteiger partial charge is 0.479 e. The molecule has 2 heterocycles. The van der Waals surface area contributed by atoms with Gasteiger partial charge in [0.1, 0.15) is 5.37 Å². The number of hydrogen-bond donors (Lipinski definition) is 1. The van der Waals surface area contributed by atoms with E-state index >= 15 is 0 Å². The minimum Gasteiger partial charge on any atom is -0.479 e. The zero-order valence-electron chi connectivity index (χ0n) is 12.2. The molecule has 0 aliphatic carbocycles. The van der Waals surface area contributed by atoms with Gasteiger partial charge < -0.3 is 10.0 Å². The molecule has 23 heavy (non-hydrogen) atoms. The average Bonchev–Trinajstić information content (AvgIpc) is 2.91. The second-order valence-corrected chi connectivity index (χ2v) is 6.87. The number of aliphatic imine (C=N–C) groups is 1. The number of carboxylic acid groups (broad SMARTS) is 1. The summed E-state index contributed by atoms with van der Waals surface area (Å²) >= 11 is 7.15. The predicted octanol–water partition coefficient (Wildman–Crippen LogP) is 2.16. The number of nitrogens with zero attached hydrogens (tertiary/aromatic N) is 2. The fourth-order valence-electron chi connectivity index (χ4n) is 2.73. The number of rotatable bonds is 6. The van der Waals surface area contributed by atoms with Gasteiger partial charge >= 0.3 is 5.97 Å². The van der Waals surface area contributed by atoms with E-state index in [9.17, 15) is 14.7 Å². The molecule has 0 saturated carbocycles. The van der Waals surface area contributed by atoms with Crippen LogP contribution in [0.1, 0.15) is 5.56 Å². The molecule has 1 N–H and O–H groups in total. The molecule has 1 amide bonds. The van der Waals surface area contributed by atoms with Crippen LogP contribution in [0.25, 0.3) is 0 Å². The minimum absolute atomic E-state index is 0.000525. The lowest BCUT2D eigenvalue weighted by molar-refractivity contribution is -0.157. The highest BCUT2D eigenvalue weighted by molar-refractivity contribution is 8.14. The number of halogens is 1. The molecule has 3 atom stereocenters. The third-order valence-electron chi connectivity index (χ3n) is 3.86. The molecule has 5 nitrogen and oxygen atoms in total. The molecule has 3 rings (SSSR count). The summed E-state index contributed by atoms with van der Waals surface area (Å²) in [6, 6.07) is 8.27. The Labute approximate surface area is 143 Å². The lowest BCUT2D eigenvalue weighted by Gasteiger charge is -2.44. The molecule has 1 aromatic carbocycles. The SMILES string of the molecule is C=C(CCl)C(C(=O)O)N1C(=O)C2N=C(Cc3ccccc3)SC21. The molecule has 1 fully saturated rings. The summed E-state index contributed by atoms with van der Waals surface area (Å²) in [5.41, 5.74) is 1.42. The number of β-lactam (4-membered cyclic amide) rings is 1. The van der Waals surface area contributed by atoms with Gasteiger partial charge in [-0.15, -0.1) is 11.6 Å². The standard InChI is InChI=1S/C16H15ClN2O3S/c1-9(8-17)13(16(21)22)19-14(20)12-15(19)23-11(18-12)7-10-5-3-2-4-6-10/h2-6,12-13,15H,1,7-8H2,(H,21,22). The van der Waals surface area contributed by atoms with E-state index in [-0.39, 0.29) is 17.2 Å². The Morgan fingerprint density at radius 3 is 2.74 bits per heavy atom. The molecule has 0 spiro atoms. The zero-order chi connectivity index (χ0) is 16.6. The van der Waals surface area contributed by atoms with E-state index in [1.54, 1.807) is 0 Å². The molecule has 2 aliphatic rings. The maximum absolute atomic E-state index is 12.3. The van der Waals surface area contributed by atoms with E-state index in [4.69, 9.17) is 11.6 Å². The highest BCUT2D eigenvalue weighted by Crippen LogP contribution is 2.42. The van der Waals surface area contributed by atoms with E-state index in [1.165, 1.54) is 16.7 Å². The highest BCUT2D eigenvalue weighted by atomic mass is 35.5. The lowest BCUT2D eigenvalue weighted by Crippen LogP contribution is -2.66. The van der Waals surface area contributed by atoms with Crippen LogP contribution in [0.5, 0.6) is 0 Å². The van der Waals surface area contributed by atoms with Gasteiger partial charge in [-0.3, -0.25) is 9.79 Å². The van der Waals surface area contributed by atoms with Crippen LogP contribution in [-0.2, 0) is 16.0 Å². The van der Waals surface area contributed by atoms with Crippen molar-refractivity contribution in [1.82, 2.24) is 4.90 Å². The smallest absolute Gasteiger partial charge is 0.330 e. The van der Waals surface area contributed by atoms with Crippen LogP contribution in [0.4, 0.5) is 0 Å². The van der Waals surface area contributed by atoms with E-state index in [2.05, 4.69) is 11.6 Å². The number of carbonyl (C=O) groups excluding carboxylic acids is 1. The summed E-state index contributed by atoms with van der Waals surface area (Å²) in [7, 11) is 0. The second-order valence-electron chi connectivity index (χ2n) is 5.42. The van der Waals surface area contributed by atoms with Crippen LogP contribution in [0.3, 0.4) is 0 Å². The van der Waals surface area contributed by atoms with E-state index < -0.39 is 18.1 Å². The van der Waals surface area contributed by atoms with Crippen molar-refractivity contribution in [3.05, 3.63) is 48.0 Å². The van der Waals surface area contributed by atoms with Crippen LogP contribution in [0.15, 0.2) is 47.5 Å². The van der Waals surface area contributed by atoms with Crippen molar-refractivity contribution < 1.29 is 14.7 Å².